The highest BCUT2D eigenvalue weighted by Crippen LogP contribution is 2.15. The number of nitrogens with one attached hydrogen (secondary N) is 1. The standard InChI is InChI=1S/C13H21N3O3S/c1-6-16(9-10(2)3)13(17)12-7-11(8-14-12)20(18,19)15(4)5/h7-8,14H,2,6,9H2,1,3-5H3. The zero-order valence-corrected chi connectivity index (χ0v) is 13.1. The minimum Gasteiger partial charge on any atom is -0.356 e. The summed E-state index contributed by atoms with van der Waals surface area (Å²) in [4.78, 5) is 16.7. The summed E-state index contributed by atoms with van der Waals surface area (Å²) in [5.74, 6) is -0.240. The number of nitrogens with zero attached hydrogens (tertiary/aromatic N) is 2. The minimum absolute atomic E-state index is 0.0808. The fraction of sp³-hybridized carbons (Fsp3) is 0.462. The molecule has 112 valence electrons. The van der Waals surface area contributed by atoms with Gasteiger partial charge in [0, 0.05) is 33.4 Å². The molecular formula is C13H21N3O3S. The molecule has 1 aromatic rings. The van der Waals surface area contributed by atoms with Crippen molar-refractivity contribution >= 4 is 15.9 Å². The van der Waals surface area contributed by atoms with Crippen LogP contribution in [0.4, 0.5) is 0 Å². The minimum atomic E-state index is -3.53. The third kappa shape index (κ3) is 3.49. The fourth-order valence-corrected chi connectivity index (χ4v) is 2.58. The second-order valence-corrected chi connectivity index (χ2v) is 6.96. The lowest BCUT2D eigenvalue weighted by molar-refractivity contribution is 0.0773. The lowest BCUT2D eigenvalue weighted by atomic mass is 10.3. The van der Waals surface area contributed by atoms with E-state index in [0.29, 0.717) is 13.1 Å². The molecular weight excluding hydrogens is 278 g/mol. The Morgan fingerprint density at radius 3 is 2.45 bits per heavy atom. The Morgan fingerprint density at radius 2 is 2.00 bits per heavy atom. The molecule has 1 amide bonds. The third-order valence-corrected chi connectivity index (χ3v) is 4.59. The monoisotopic (exact) mass is 299 g/mol. The van der Waals surface area contributed by atoms with E-state index in [4.69, 9.17) is 0 Å². The summed E-state index contributed by atoms with van der Waals surface area (Å²) in [7, 11) is -0.636. The summed E-state index contributed by atoms with van der Waals surface area (Å²) in [6.45, 7) is 8.46. The van der Waals surface area contributed by atoms with Crippen LogP contribution in [0.2, 0.25) is 0 Å². The number of H-pyrrole nitrogens is 1. The van der Waals surface area contributed by atoms with Gasteiger partial charge in [0.1, 0.15) is 10.6 Å². The van der Waals surface area contributed by atoms with Crippen molar-refractivity contribution in [1.82, 2.24) is 14.2 Å². The van der Waals surface area contributed by atoms with Gasteiger partial charge in [0.05, 0.1) is 0 Å². The first-order chi connectivity index (χ1) is 9.20. The number of rotatable bonds is 6. The molecule has 0 aliphatic carbocycles. The topological polar surface area (TPSA) is 73.5 Å². The van der Waals surface area contributed by atoms with Crippen molar-refractivity contribution in [3.63, 3.8) is 0 Å². The third-order valence-electron chi connectivity index (χ3n) is 2.80. The number of carbonyl (C=O) groups excluding carboxylic acids is 1. The number of hydrogen-bond donors (Lipinski definition) is 1. The van der Waals surface area contributed by atoms with Crippen molar-refractivity contribution in [2.75, 3.05) is 27.2 Å². The second-order valence-electron chi connectivity index (χ2n) is 4.81. The number of hydrogen-bond acceptors (Lipinski definition) is 3. The van der Waals surface area contributed by atoms with Gasteiger partial charge < -0.3 is 9.88 Å². The fourth-order valence-electron chi connectivity index (χ4n) is 1.68. The van der Waals surface area contributed by atoms with E-state index in [0.717, 1.165) is 9.88 Å². The summed E-state index contributed by atoms with van der Waals surface area (Å²) >= 11 is 0. The maximum Gasteiger partial charge on any atom is 0.270 e. The number of aromatic amines is 1. The van der Waals surface area contributed by atoms with Crippen molar-refractivity contribution in [2.45, 2.75) is 18.7 Å². The Balaban J connectivity index is 3.02. The molecule has 6 nitrogen and oxygen atoms in total. The van der Waals surface area contributed by atoms with E-state index in [1.807, 2.05) is 13.8 Å². The maximum atomic E-state index is 12.3. The molecule has 1 heterocycles. The molecule has 0 aliphatic rings. The Morgan fingerprint density at radius 1 is 1.40 bits per heavy atom. The highest BCUT2D eigenvalue weighted by molar-refractivity contribution is 7.89. The van der Waals surface area contributed by atoms with E-state index in [1.54, 1.807) is 4.90 Å². The van der Waals surface area contributed by atoms with E-state index < -0.39 is 10.0 Å². The molecule has 20 heavy (non-hydrogen) atoms. The van der Waals surface area contributed by atoms with Crippen LogP contribution in [0.15, 0.2) is 29.3 Å². The Bertz CT molecular complexity index is 602. The van der Waals surface area contributed by atoms with Gasteiger partial charge in [-0.15, -0.1) is 0 Å². The van der Waals surface area contributed by atoms with Crippen molar-refractivity contribution in [1.29, 1.82) is 0 Å². The Labute approximate surface area is 120 Å². The average Bonchev–Trinajstić information content (AvgIpc) is 2.84. The summed E-state index contributed by atoms with van der Waals surface area (Å²) in [5.41, 5.74) is 1.13. The van der Waals surface area contributed by atoms with Crippen LogP contribution in [0.25, 0.3) is 0 Å². The van der Waals surface area contributed by atoms with Crippen molar-refractivity contribution in [2.24, 2.45) is 0 Å². The number of amides is 1. The summed E-state index contributed by atoms with van der Waals surface area (Å²) in [5, 5.41) is 0. The molecule has 0 aromatic carbocycles. The van der Waals surface area contributed by atoms with Gasteiger partial charge in [-0.05, 0) is 19.9 Å². The first kappa shape index (κ1) is 16.5. The first-order valence-electron chi connectivity index (χ1n) is 6.24. The molecule has 0 spiro atoms. The normalized spacial score (nSPS) is 11.7. The van der Waals surface area contributed by atoms with Crippen molar-refractivity contribution in [3.05, 3.63) is 30.1 Å². The molecule has 0 saturated carbocycles. The highest BCUT2D eigenvalue weighted by Gasteiger charge is 2.22. The molecule has 0 bridgehead atoms. The number of sulfonamides is 1. The smallest absolute Gasteiger partial charge is 0.270 e. The zero-order valence-electron chi connectivity index (χ0n) is 12.3. The molecule has 1 rings (SSSR count). The van der Waals surface area contributed by atoms with Gasteiger partial charge in [-0.3, -0.25) is 4.79 Å². The molecule has 1 aromatic heterocycles. The summed E-state index contributed by atoms with van der Waals surface area (Å²) < 4.78 is 25.0. The molecule has 0 saturated heterocycles. The van der Waals surface area contributed by atoms with Crippen molar-refractivity contribution in [3.8, 4) is 0 Å². The SMILES string of the molecule is C=C(C)CN(CC)C(=O)c1cc(S(=O)(=O)N(C)C)c[nH]1. The van der Waals surface area contributed by atoms with Crippen LogP contribution in [-0.4, -0.2) is 55.7 Å². The first-order valence-corrected chi connectivity index (χ1v) is 7.68. The predicted octanol–water partition coefficient (Wildman–Crippen LogP) is 1.30. The summed E-state index contributed by atoms with van der Waals surface area (Å²) in [6, 6.07) is 1.36. The van der Waals surface area contributed by atoms with Crippen LogP contribution in [-0.2, 0) is 10.0 Å². The quantitative estimate of drug-likeness (QED) is 0.805. The van der Waals surface area contributed by atoms with Crippen LogP contribution in [0.1, 0.15) is 24.3 Å². The average molecular weight is 299 g/mol. The van der Waals surface area contributed by atoms with Gasteiger partial charge in [-0.1, -0.05) is 12.2 Å². The van der Waals surface area contributed by atoms with E-state index in [1.165, 1.54) is 26.4 Å². The highest BCUT2D eigenvalue weighted by atomic mass is 32.2. The number of carbonyl (C=O) groups is 1. The second kappa shape index (κ2) is 6.23. The van der Waals surface area contributed by atoms with E-state index >= 15 is 0 Å². The van der Waals surface area contributed by atoms with Crippen LogP contribution in [0.5, 0.6) is 0 Å². The van der Waals surface area contributed by atoms with Crippen molar-refractivity contribution < 1.29 is 13.2 Å². The van der Waals surface area contributed by atoms with Crippen LogP contribution in [0, 0.1) is 0 Å². The largest absolute Gasteiger partial charge is 0.356 e. The van der Waals surface area contributed by atoms with Gasteiger partial charge in [-0.25, -0.2) is 12.7 Å². The molecule has 0 radical (unpaired) electrons. The molecule has 0 atom stereocenters. The lowest BCUT2D eigenvalue weighted by Gasteiger charge is -2.20. The van der Waals surface area contributed by atoms with E-state index in [9.17, 15) is 13.2 Å². The number of likely N-dealkylation sites (N-methyl/N-ethyl adjacent to an activating group) is 1. The van der Waals surface area contributed by atoms with Gasteiger partial charge in [0.2, 0.25) is 10.0 Å². The van der Waals surface area contributed by atoms with Crippen LogP contribution in [0.3, 0.4) is 0 Å². The lowest BCUT2D eigenvalue weighted by Crippen LogP contribution is -2.32. The molecule has 0 unspecified atom stereocenters. The van der Waals surface area contributed by atoms with Gasteiger partial charge in [0.15, 0.2) is 0 Å². The van der Waals surface area contributed by atoms with Gasteiger partial charge in [-0.2, -0.15) is 0 Å². The maximum absolute atomic E-state index is 12.3. The summed E-state index contributed by atoms with van der Waals surface area (Å²) in [6.07, 6.45) is 1.33. The molecule has 1 N–H and O–H groups in total. The van der Waals surface area contributed by atoms with E-state index in [2.05, 4.69) is 11.6 Å². The van der Waals surface area contributed by atoms with Crippen LogP contribution < -0.4 is 0 Å². The van der Waals surface area contributed by atoms with Crippen LogP contribution >= 0.6 is 0 Å². The number of aromatic nitrogens is 1. The van der Waals surface area contributed by atoms with Gasteiger partial charge in [0.25, 0.3) is 5.91 Å². The predicted molar refractivity (Wildman–Crippen MR) is 78.1 cm³/mol. The molecule has 0 aliphatic heterocycles. The Hall–Kier alpha value is -1.60. The van der Waals surface area contributed by atoms with E-state index in [-0.39, 0.29) is 16.5 Å². The zero-order chi connectivity index (χ0) is 15.5. The molecule has 7 heteroatoms. The Kier molecular flexibility index (Phi) is 5.13. The van der Waals surface area contributed by atoms with Gasteiger partial charge >= 0.3 is 0 Å². The molecule has 0 fully saturated rings.